The van der Waals surface area contributed by atoms with Crippen molar-refractivity contribution in [3.8, 4) is 0 Å². The summed E-state index contributed by atoms with van der Waals surface area (Å²) in [5, 5.41) is 4.32. The lowest BCUT2D eigenvalue weighted by atomic mass is 9.77. The zero-order chi connectivity index (χ0) is 16.7. The lowest BCUT2D eigenvalue weighted by Gasteiger charge is -2.37. The molecule has 2 heterocycles. The summed E-state index contributed by atoms with van der Waals surface area (Å²) in [5.74, 6) is -0.180. The van der Waals surface area contributed by atoms with E-state index in [0.717, 1.165) is 16.8 Å². The average molecular weight is 320 g/mol. The molecule has 0 spiro atoms. The van der Waals surface area contributed by atoms with Crippen LogP contribution in [0.15, 0.2) is 60.8 Å². The van der Waals surface area contributed by atoms with E-state index in [1.165, 1.54) is 7.11 Å². The van der Waals surface area contributed by atoms with Gasteiger partial charge in [0.1, 0.15) is 5.41 Å². The van der Waals surface area contributed by atoms with Crippen molar-refractivity contribution in [2.75, 3.05) is 18.7 Å². The van der Waals surface area contributed by atoms with Gasteiger partial charge >= 0.3 is 5.97 Å². The van der Waals surface area contributed by atoms with E-state index in [9.17, 15) is 4.79 Å². The number of nitrogens with zero attached hydrogens (tertiary/aromatic N) is 2. The van der Waals surface area contributed by atoms with E-state index < -0.39 is 5.41 Å². The molecule has 2 aromatic rings. The summed E-state index contributed by atoms with van der Waals surface area (Å²) >= 11 is 0. The fourth-order valence-electron chi connectivity index (χ4n) is 3.87. The minimum atomic E-state index is -0.647. The predicted molar refractivity (Wildman–Crippen MR) is 94.0 cm³/mol. The lowest BCUT2D eigenvalue weighted by molar-refractivity contribution is -0.152. The molecule has 4 nitrogen and oxygen atoms in total. The zero-order valence-corrected chi connectivity index (χ0v) is 13.8. The highest BCUT2D eigenvalue weighted by atomic mass is 16.5. The predicted octanol–water partition coefficient (Wildman–Crippen LogP) is 3.63. The molecule has 1 saturated heterocycles. The third-order valence-corrected chi connectivity index (χ3v) is 5.03. The van der Waals surface area contributed by atoms with Crippen LogP contribution in [0.2, 0.25) is 0 Å². The van der Waals surface area contributed by atoms with Crippen molar-refractivity contribution in [3.63, 3.8) is 0 Å². The van der Waals surface area contributed by atoms with Crippen molar-refractivity contribution in [2.24, 2.45) is 5.41 Å². The zero-order valence-electron chi connectivity index (χ0n) is 13.8. The maximum Gasteiger partial charge on any atom is 0.315 e. The van der Waals surface area contributed by atoms with Gasteiger partial charge in [-0.15, -0.1) is 0 Å². The number of para-hydroxylation sites is 1. The number of carbonyl (C=O) groups excluding carboxylic acids is 1. The number of hydrazine groups is 1. The molecule has 0 aromatic heterocycles. The Balaban J connectivity index is 1.86. The molecule has 0 bridgehead atoms. The fourth-order valence-corrected chi connectivity index (χ4v) is 3.87. The smallest absolute Gasteiger partial charge is 0.315 e. The van der Waals surface area contributed by atoms with E-state index in [0.29, 0.717) is 6.54 Å². The SMILES string of the molecule is COC(=O)[C@]1(C)CN(c2ccccc2)N2C=Cc3ccccc3[C@@H]21. The Bertz CT molecular complexity index is 802. The Morgan fingerprint density at radius 2 is 1.83 bits per heavy atom. The van der Waals surface area contributed by atoms with Gasteiger partial charge in [0.25, 0.3) is 0 Å². The molecular weight excluding hydrogens is 300 g/mol. The van der Waals surface area contributed by atoms with Gasteiger partial charge < -0.3 is 4.74 Å². The second-order valence-electron chi connectivity index (χ2n) is 6.53. The Morgan fingerprint density at radius 1 is 1.12 bits per heavy atom. The monoisotopic (exact) mass is 320 g/mol. The number of ether oxygens (including phenoxy) is 1. The van der Waals surface area contributed by atoms with Crippen LogP contribution in [0.25, 0.3) is 6.08 Å². The van der Waals surface area contributed by atoms with Gasteiger partial charge in [-0.1, -0.05) is 42.5 Å². The molecule has 0 unspecified atom stereocenters. The molecule has 24 heavy (non-hydrogen) atoms. The van der Waals surface area contributed by atoms with Gasteiger partial charge in [-0.3, -0.25) is 14.8 Å². The van der Waals surface area contributed by atoms with Gasteiger partial charge in [0.15, 0.2) is 0 Å². The van der Waals surface area contributed by atoms with Crippen LogP contribution in [-0.2, 0) is 9.53 Å². The molecule has 4 heteroatoms. The van der Waals surface area contributed by atoms with E-state index in [1.807, 2.05) is 37.3 Å². The second-order valence-corrected chi connectivity index (χ2v) is 6.53. The molecular formula is C20H20N2O2. The molecule has 2 aliphatic heterocycles. The molecule has 1 fully saturated rings. The summed E-state index contributed by atoms with van der Waals surface area (Å²) in [7, 11) is 1.47. The summed E-state index contributed by atoms with van der Waals surface area (Å²) in [4.78, 5) is 12.7. The lowest BCUT2D eigenvalue weighted by Crippen LogP contribution is -2.38. The van der Waals surface area contributed by atoms with Gasteiger partial charge in [-0.2, -0.15) is 0 Å². The molecule has 0 saturated carbocycles. The molecule has 0 amide bonds. The van der Waals surface area contributed by atoms with Crippen LogP contribution < -0.4 is 5.01 Å². The molecule has 2 atom stereocenters. The van der Waals surface area contributed by atoms with Crippen LogP contribution in [0.1, 0.15) is 24.1 Å². The Kier molecular flexibility index (Phi) is 3.34. The largest absolute Gasteiger partial charge is 0.468 e. The minimum Gasteiger partial charge on any atom is -0.468 e. The van der Waals surface area contributed by atoms with Crippen LogP contribution in [0, 0.1) is 5.41 Å². The molecule has 2 aromatic carbocycles. The first-order chi connectivity index (χ1) is 11.6. The van der Waals surface area contributed by atoms with E-state index >= 15 is 0 Å². The first-order valence-electron chi connectivity index (χ1n) is 8.11. The maximum absolute atomic E-state index is 12.7. The molecule has 0 radical (unpaired) electrons. The van der Waals surface area contributed by atoms with Gasteiger partial charge in [-0.25, -0.2) is 0 Å². The van der Waals surface area contributed by atoms with Crippen LogP contribution in [0.3, 0.4) is 0 Å². The number of hydrogen-bond donors (Lipinski definition) is 0. The first-order valence-corrected chi connectivity index (χ1v) is 8.11. The van der Waals surface area contributed by atoms with Crippen molar-refractivity contribution in [2.45, 2.75) is 13.0 Å². The first kappa shape index (κ1) is 14.8. The van der Waals surface area contributed by atoms with Gasteiger partial charge in [-0.05, 0) is 36.3 Å². The quantitative estimate of drug-likeness (QED) is 0.791. The third kappa shape index (κ3) is 2.03. The number of methoxy groups -OCH3 is 1. The summed E-state index contributed by atoms with van der Waals surface area (Å²) < 4.78 is 5.17. The van der Waals surface area contributed by atoms with Gasteiger partial charge in [0.2, 0.25) is 0 Å². The molecule has 2 aliphatic rings. The van der Waals surface area contributed by atoms with Crippen molar-refractivity contribution >= 4 is 17.7 Å². The van der Waals surface area contributed by atoms with Gasteiger partial charge in [0, 0.05) is 6.20 Å². The van der Waals surface area contributed by atoms with E-state index in [4.69, 9.17) is 4.74 Å². The number of fused-ring (bicyclic) bond motifs is 3. The number of benzene rings is 2. The van der Waals surface area contributed by atoms with Crippen LogP contribution in [0.4, 0.5) is 5.69 Å². The molecule has 0 N–H and O–H groups in total. The minimum absolute atomic E-state index is 0.0774. The summed E-state index contributed by atoms with van der Waals surface area (Å²) in [6, 6.07) is 18.3. The normalized spacial score (nSPS) is 24.5. The highest BCUT2D eigenvalue weighted by molar-refractivity contribution is 5.81. The topological polar surface area (TPSA) is 32.8 Å². The Labute approximate surface area is 141 Å². The standard InChI is InChI=1S/C20H20N2O2/c1-20(19(23)24-2)14-22(16-9-4-3-5-10-16)21-13-12-15-8-6-7-11-17(15)18(20)21/h3-13,18H,14H2,1-2H3/t18-,20-/m1/s1. The average Bonchev–Trinajstić information content (AvgIpc) is 2.96. The number of hydrogen-bond acceptors (Lipinski definition) is 4. The second kappa shape index (κ2) is 5.41. The van der Waals surface area contributed by atoms with Crippen LogP contribution >= 0.6 is 0 Å². The van der Waals surface area contributed by atoms with Crippen LogP contribution in [-0.4, -0.2) is 24.6 Å². The molecule has 122 valence electrons. The maximum atomic E-state index is 12.7. The Hall–Kier alpha value is -2.75. The third-order valence-electron chi connectivity index (χ3n) is 5.03. The van der Waals surface area contributed by atoms with Crippen molar-refractivity contribution < 1.29 is 9.53 Å². The highest BCUT2D eigenvalue weighted by Gasteiger charge is 2.55. The van der Waals surface area contributed by atoms with Crippen molar-refractivity contribution in [1.82, 2.24) is 5.01 Å². The fraction of sp³-hybridized carbons (Fsp3) is 0.250. The number of esters is 1. The molecule has 4 rings (SSSR count). The number of anilines is 1. The number of carbonyl (C=O) groups is 1. The summed E-state index contributed by atoms with van der Waals surface area (Å²) in [6.45, 7) is 2.57. The molecule has 0 aliphatic carbocycles. The number of rotatable bonds is 2. The van der Waals surface area contributed by atoms with E-state index in [1.54, 1.807) is 0 Å². The highest BCUT2D eigenvalue weighted by Crippen LogP contribution is 2.51. The van der Waals surface area contributed by atoms with Crippen molar-refractivity contribution in [1.29, 1.82) is 0 Å². The summed E-state index contributed by atoms with van der Waals surface area (Å²) in [6.07, 6.45) is 4.17. The van der Waals surface area contributed by atoms with Crippen LogP contribution in [0.5, 0.6) is 0 Å². The van der Waals surface area contributed by atoms with E-state index in [2.05, 4.69) is 46.6 Å². The van der Waals surface area contributed by atoms with Gasteiger partial charge in [0.05, 0.1) is 25.4 Å². The van der Waals surface area contributed by atoms with Crippen molar-refractivity contribution in [3.05, 3.63) is 71.9 Å². The summed E-state index contributed by atoms with van der Waals surface area (Å²) in [5.41, 5.74) is 2.74. The Morgan fingerprint density at radius 3 is 2.58 bits per heavy atom. The van der Waals surface area contributed by atoms with E-state index in [-0.39, 0.29) is 12.0 Å².